The van der Waals surface area contributed by atoms with Crippen molar-refractivity contribution >= 4 is 46.3 Å². The first kappa shape index (κ1) is 20.3. The Morgan fingerprint density at radius 3 is 2.59 bits per heavy atom. The number of rotatable bonds is 6. The highest BCUT2D eigenvalue weighted by molar-refractivity contribution is 6.31. The smallest absolute Gasteiger partial charge is 0.240 e. The van der Waals surface area contributed by atoms with Crippen molar-refractivity contribution < 1.29 is 14.0 Å². The third kappa shape index (κ3) is 5.52. The Morgan fingerprint density at radius 2 is 1.83 bits per heavy atom. The lowest BCUT2D eigenvalue weighted by Crippen LogP contribution is -2.21. The van der Waals surface area contributed by atoms with Crippen molar-refractivity contribution in [2.24, 2.45) is 5.10 Å². The Kier molecular flexibility index (Phi) is 6.41. The van der Waals surface area contributed by atoms with E-state index in [9.17, 15) is 14.4 Å². The summed E-state index contributed by atoms with van der Waals surface area (Å²) in [5.41, 5.74) is 4.30. The zero-order valence-corrected chi connectivity index (χ0v) is 16.3. The largest absolute Gasteiger partial charge is 0.463 e. The minimum absolute atomic E-state index is 0.00580. The van der Waals surface area contributed by atoms with Crippen molar-refractivity contribution in [3.05, 3.63) is 75.1 Å². The Labute approximate surface area is 171 Å². The molecule has 0 spiro atoms. The molecule has 2 N–H and O–H groups in total. The summed E-state index contributed by atoms with van der Waals surface area (Å²) in [5.74, 6) is -0.728. The van der Waals surface area contributed by atoms with Gasteiger partial charge in [-0.3, -0.25) is 14.4 Å². The van der Waals surface area contributed by atoms with E-state index in [1.165, 1.54) is 18.5 Å². The van der Waals surface area contributed by atoms with Crippen molar-refractivity contribution in [3.8, 4) is 0 Å². The molecule has 0 radical (unpaired) electrons. The Bertz CT molecular complexity index is 1140. The van der Waals surface area contributed by atoms with Gasteiger partial charge in [-0.25, -0.2) is 5.43 Å². The summed E-state index contributed by atoms with van der Waals surface area (Å²) in [6.07, 6.45) is 2.41. The molecule has 7 nitrogen and oxygen atoms in total. The molecule has 0 bridgehead atoms. The number of halogens is 1. The second-order valence-electron chi connectivity index (χ2n) is 6.37. The van der Waals surface area contributed by atoms with Gasteiger partial charge in [0.05, 0.1) is 17.2 Å². The Balaban J connectivity index is 1.52. The zero-order chi connectivity index (χ0) is 20.8. The number of nitrogens with one attached hydrogen (secondary N) is 2. The maximum absolute atomic E-state index is 12.4. The summed E-state index contributed by atoms with van der Waals surface area (Å²) in [6, 6.07) is 12.1. The van der Waals surface area contributed by atoms with Gasteiger partial charge < -0.3 is 9.73 Å². The molecule has 2 amide bonds. The molecule has 0 atom stereocenters. The molecule has 0 aliphatic rings. The first-order chi connectivity index (χ1) is 13.9. The number of aryl methyl sites for hydroxylation is 1. The molecule has 0 saturated carbocycles. The molecule has 0 aliphatic carbocycles. The number of hydrogen-bond acceptors (Lipinski definition) is 5. The van der Waals surface area contributed by atoms with Crippen LogP contribution in [0.15, 0.2) is 63.0 Å². The van der Waals surface area contributed by atoms with Gasteiger partial charge >= 0.3 is 0 Å². The van der Waals surface area contributed by atoms with Crippen LogP contribution in [0.1, 0.15) is 24.0 Å². The van der Waals surface area contributed by atoms with Crippen LogP contribution >= 0.6 is 11.6 Å². The molecule has 1 heterocycles. The number of nitrogens with zero attached hydrogens (tertiary/aromatic N) is 1. The maximum Gasteiger partial charge on any atom is 0.240 e. The summed E-state index contributed by atoms with van der Waals surface area (Å²) in [4.78, 5) is 36.1. The van der Waals surface area contributed by atoms with Crippen LogP contribution < -0.4 is 16.2 Å². The minimum atomic E-state index is -0.450. The van der Waals surface area contributed by atoms with Crippen molar-refractivity contribution in [1.29, 1.82) is 0 Å². The SMILES string of the molecule is Cc1ccc(NC(=O)CCC(=O)N/N=C/c2coc3ccc(Cl)cc3c2=O)cc1. The van der Waals surface area contributed by atoms with Gasteiger partial charge in [0.25, 0.3) is 0 Å². The van der Waals surface area contributed by atoms with Gasteiger partial charge in [0.2, 0.25) is 17.2 Å². The lowest BCUT2D eigenvalue weighted by atomic mass is 10.2. The molecule has 0 aliphatic heterocycles. The van der Waals surface area contributed by atoms with Gasteiger partial charge in [-0.15, -0.1) is 0 Å². The third-order valence-electron chi connectivity index (χ3n) is 4.07. The van der Waals surface area contributed by atoms with E-state index >= 15 is 0 Å². The predicted molar refractivity (Wildman–Crippen MR) is 112 cm³/mol. The fourth-order valence-corrected chi connectivity index (χ4v) is 2.70. The summed E-state index contributed by atoms with van der Waals surface area (Å²) >= 11 is 5.90. The summed E-state index contributed by atoms with van der Waals surface area (Å²) < 4.78 is 5.36. The molecule has 0 unspecified atom stereocenters. The normalized spacial score (nSPS) is 11.0. The summed E-state index contributed by atoms with van der Waals surface area (Å²) in [6.45, 7) is 1.95. The van der Waals surface area contributed by atoms with E-state index in [2.05, 4.69) is 15.8 Å². The molecule has 29 heavy (non-hydrogen) atoms. The molecular weight excluding hydrogens is 394 g/mol. The predicted octanol–water partition coefficient (Wildman–Crippen LogP) is 3.62. The number of carbonyl (C=O) groups excluding carboxylic acids is 2. The fraction of sp³-hybridized carbons (Fsp3) is 0.143. The zero-order valence-electron chi connectivity index (χ0n) is 15.6. The van der Waals surface area contributed by atoms with Gasteiger partial charge in [0, 0.05) is 23.6 Å². The van der Waals surface area contributed by atoms with Crippen molar-refractivity contribution in [3.63, 3.8) is 0 Å². The third-order valence-corrected chi connectivity index (χ3v) is 4.30. The number of amides is 2. The topological polar surface area (TPSA) is 101 Å². The van der Waals surface area contributed by atoms with Crippen LogP contribution in [-0.2, 0) is 9.59 Å². The number of benzene rings is 2. The summed E-state index contributed by atoms with van der Waals surface area (Å²) in [5, 5.41) is 7.20. The van der Waals surface area contributed by atoms with E-state index in [0.717, 1.165) is 5.56 Å². The second-order valence-corrected chi connectivity index (χ2v) is 6.80. The first-order valence-electron chi connectivity index (χ1n) is 8.82. The molecule has 0 saturated heterocycles. The summed E-state index contributed by atoms with van der Waals surface area (Å²) in [7, 11) is 0. The van der Waals surface area contributed by atoms with Crippen LogP contribution in [0.5, 0.6) is 0 Å². The Morgan fingerprint density at radius 1 is 1.10 bits per heavy atom. The average molecular weight is 412 g/mol. The van der Waals surface area contributed by atoms with E-state index in [4.69, 9.17) is 16.0 Å². The van der Waals surface area contributed by atoms with Crippen molar-refractivity contribution in [1.82, 2.24) is 5.43 Å². The van der Waals surface area contributed by atoms with E-state index in [1.807, 2.05) is 19.1 Å². The molecule has 2 aromatic carbocycles. The number of hydrazone groups is 1. The van der Waals surface area contributed by atoms with Crippen LogP contribution in [0.4, 0.5) is 5.69 Å². The monoisotopic (exact) mass is 411 g/mol. The average Bonchev–Trinajstić information content (AvgIpc) is 2.70. The van der Waals surface area contributed by atoms with E-state index in [-0.39, 0.29) is 29.7 Å². The van der Waals surface area contributed by atoms with Gasteiger partial charge in [-0.2, -0.15) is 5.10 Å². The highest BCUT2D eigenvalue weighted by Gasteiger charge is 2.08. The molecule has 148 valence electrons. The van der Waals surface area contributed by atoms with Crippen molar-refractivity contribution in [2.45, 2.75) is 19.8 Å². The van der Waals surface area contributed by atoms with Gasteiger partial charge in [-0.1, -0.05) is 29.3 Å². The molecule has 3 aromatic rings. The second kappa shape index (κ2) is 9.16. The molecule has 3 rings (SSSR count). The standard InChI is InChI=1S/C21H18ClN3O4/c1-13-2-5-16(6-3-13)24-19(26)8-9-20(27)25-23-11-14-12-29-18-7-4-15(22)10-17(18)21(14)28/h2-7,10-12H,8-9H2,1H3,(H,24,26)(H,25,27)/b23-11+. The first-order valence-corrected chi connectivity index (χ1v) is 9.19. The van der Waals surface area contributed by atoms with Crippen molar-refractivity contribution in [2.75, 3.05) is 5.32 Å². The highest BCUT2D eigenvalue weighted by Crippen LogP contribution is 2.16. The fourth-order valence-electron chi connectivity index (χ4n) is 2.52. The number of anilines is 1. The van der Waals surface area contributed by atoms with E-state index < -0.39 is 5.91 Å². The number of fused-ring (bicyclic) bond motifs is 1. The van der Waals surface area contributed by atoms with E-state index in [0.29, 0.717) is 21.7 Å². The molecule has 0 fully saturated rings. The van der Waals surface area contributed by atoms with Crippen LogP contribution in [0.3, 0.4) is 0 Å². The molecule has 1 aromatic heterocycles. The van der Waals surface area contributed by atoms with Gasteiger partial charge in [-0.05, 0) is 37.3 Å². The maximum atomic E-state index is 12.4. The van der Waals surface area contributed by atoms with Gasteiger partial charge in [0.15, 0.2) is 0 Å². The van der Waals surface area contributed by atoms with Crippen LogP contribution in [0.25, 0.3) is 11.0 Å². The van der Waals surface area contributed by atoms with Crippen LogP contribution in [0.2, 0.25) is 5.02 Å². The highest BCUT2D eigenvalue weighted by atomic mass is 35.5. The van der Waals surface area contributed by atoms with E-state index in [1.54, 1.807) is 24.3 Å². The van der Waals surface area contributed by atoms with Crippen LogP contribution in [0, 0.1) is 6.92 Å². The number of hydrogen-bond donors (Lipinski definition) is 2. The lowest BCUT2D eigenvalue weighted by Gasteiger charge is -2.05. The lowest BCUT2D eigenvalue weighted by molar-refractivity contribution is -0.124. The Hall–Kier alpha value is -3.45. The minimum Gasteiger partial charge on any atom is -0.463 e. The molecule has 8 heteroatoms. The quantitative estimate of drug-likeness (QED) is 0.477. The molecular formula is C21H18ClN3O4. The van der Waals surface area contributed by atoms with Gasteiger partial charge in [0.1, 0.15) is 11.8 Å². The number of carbonyl (C=O) groups is 2. The van der Waals surface area contributed by atoms with Crippen LogP contribution in [-0.4, -0.2) is 18.0 Å².